The zero-order valence-corrected chi connectivity index (χ0v) is 19.7. The fourth-order valence-electron chi connectivity index (χ4n) is 3.81. The number of fused-ring (bicyclic) bond motifs is 1. The van der Waals surface area contributed by atoms with Crippen LogP contribution in [-0.4, -0.2) is 46.6 Å². The minimum atomic E-state index is -4.11. The van der Waals surface area contributed by atoms with Crippen molar-refractivity contribution >= 4 is 21.6 Å². The Balaban J connectivity index is 1.59. The summed E-state index contributed by atoms with van der Waals surface area (Å²) in [5.41, 5.74) is 0.941. The van der Waals surface area contributed by atoms with Gasteiger partial charge in [0.2, 0.25) is 0 Å². The Bertz CT molecular complexity index is 1060. The Labute approximate surface area is 195 Å². The van der Waals surface area contributed by atoms with E-state index in [0.717, 1.165) is 56.1 Å². The molecule has 0 bridgehead atoms. The second kappa shape index (κ2) is 11.5. The Morgan fingerprint density at radius 2 is 2.00 bits per heavy atom. The quantitative estimate of drug-likeness (QED) is 0.353. The number of aryl methyl sites for hydroxylation is 1. The average molecular weight is 480 g/mol. The SMILES string of the molecule is C=CCN(C)CCCCCOc1ccc2c(c1)CCCN2S(=O)(=O)Nc1cc(F)ccc1F. The Kier molecular flexibility index (Phi) is 8.68. The van der Waals surface area contributed by atoms with Crippen LogP contribution in [0.25, 0.3) is 0 Å². The third-order valence-corrected chi connectivity index (χ3v) is 6.92. The molecule has 2 aromatic carbocycles. The fourth-order valence-corrected chi connectivity index (χ4v) is 5.16. The van der Waals surface area contributed by atoms with Crippen molar-refractivity contribution in [1.29, 1.82) is 0 Å². The van der Waals surface area contributed by atoms with E-state index in [0.29, 0.717) is 30.9 Å². The first-order chi connectivity index (χ1) is 15.8. The summed E-state index contributed by atoms with van der Waals surface area (Å²) in [5, 5.41) is 0. The summed E-state index contributed by atoms with van der Waals surface area (Å²) in [6.07, 6.45) is 6.29. The molecule has 3 rings (SSSR count). The molecule has 9 heteroatoms. The van der Waals surface area contributed by atoms with Gasteiger partial charge in [0.05, 0.1) is 18.0 Å². The van der Waals surface area contributed by atoms with E-state index in [-0.39, 0.29) is 6.54 Å². The normalized spacial score (nSPS) is 13.6. The van der Waals surface area contributed by atoms with Crippen LogP contribution in [0.1, 0.15) is 31.2 Å². The third kappa shape index (κ3) is 6.91. The minimum absolute atomic E-state index is 0.250. The van der Waals surface area contributed by atoms with Crippen LogP contribution in [0, 0.1) is 11.6 Å². The zero-order chi connectivity index (χ0) is 23.8. The maximum Gasteiger partial charge on any atom is 0.324 e. The lowest BCUT2D eigenvalue weighted by atomic mass is 10.0. The van der Waals surface area contributed by atoms with Crippen molar-refractivity contribution in [3.63, 3.8) is 0 Å². The lowest BCUT2D eigenvalue weighted by molar-refractivity contribution is 0.295. The monoisotopic (exact) mass is 479 g/mol. The second-order valence-electron chi connectivity index (χ2n) is 8.16. The predicted molar refractivity (Wildman–Crippen MR) is 128 cm³/mol. The molecular weight excluding hydrogens is 448 g/mol. The maximum absolute atomic E-state index is 14.0. The number of nitrogens with one attached hydrogen (secondary N) is 1. The van der Waals surface area contributed by atoms with Crippen LogP contribution in [0.4, 0.5) is 20.2 Å². The summed E-state index contributed by atoms with van der Waals surface area (Å²) < 4.78 is 62.5. The largest absolute Gasteiger partial charge is 0.494 e. The Morgan fingerprint density at radius 3 is 2.79 bits per heavy atom. The van der Waals surface area contributed by atoms with E-state index in [1.807, 2.05) is 12.1 Å². The molecule has 0 radical (unpaired) electrons. The lowest BCUT2D eigenvalue weighted by Crippen LogP contribution is -2.39. The highest BCUT2D eigenvalue weighted by Gasteiger charge is 2.28. The first-order valence-electron chi connectivity index (χ1n) is 11.1. The summed E-state index contributed by atoms with van der Waals surface area (Å²) >= 11 is 0. The van der Waals surface area contributed by atoms with Gasteiger partial charge in [-0.05, 0) is 81.6 Å². The molecule has 0 aliphatic carbocycles. The van der Waals surface area contributed by atoms with Gasteiger partial charge in [-0.2, -0.15) is 8.42 Å². The highest BCUT2D eigenvalue weighted by Crippen LogP contribution is 2.33. The van der Waals surface area contributed by atoms with Crippen LogP contribution in [0.2, 0.25) is 0 Å². The summed E-state index contributed by atoms with van der Waals surface area (Å²) in [6.45, 7) is 6.47. The molecular formula is C24H31F2N3O3S. The molecule has 1 aliphatic rings. The molecule has 0 fully saturated rings. The maximum atomic E-state index is 14.0. The minimum Gasteiger partial charge on any atom is -0.494 e. The van der Waals surface area contributed by atoms with Crippen molar-refractivity contribution in [1.82, 2.24) is 4.90 Å². The smallest absolute Gasteiger partial charge is 0.324 e. The highest BCUT2D eigenvalue weighted by atomic mass is 32.2. The molecule has 1 aliphatic heterocycles. The number of anilines is 2. The van der Waals surface area contributed by atoms with Crippen LogP contribution >= 0.6 is 0 Å². The summed E-state index contributed by atoms with van der Waals surface area (Å²) in [5.74, 6) is -0.868. The predicted octanol–water partition coefficient (Wildman–Crippen LogP) is 4.74. The van der Waals surface area contributed by atoms with Crippen molar-refractivity contribution in [2.24, 2.45) is 0 Å². The second-order valence-corrected chi connectivity index (χ2v) is 9.75. The molecule has 0 spiro atoms. The van der Waals surface area contributed by atoms with Gasteiger partial charge in [0, 0.05) is 19.2 Å². The zero-order valence-electron chi connectivity index (χ0n) is 18.9. The number of ether oxygens (including phenoxy) is 1. The number of hydrogen-bond acceptors (Lipinski definition) is 4. The third-order valence-electron chi connectivity index (χ3n) is 5.48. The van der Waals surface area contributed by atoms with Crippen molar-refractivity contribution in [3.8, 4) is 5.75 Å². The van der Waals surface area contributed by atoms with Crippen molar-refractivity contribution in [2.45, 2.75) is 32.1 Å². The molecule has 0 saturated carbocycles. The van der Waals surface area contributed by atoms with Gasteiger partial charge in [-0.15, -0.1) is 6.58 Å². The fraction of sp³-hybridized carbons (Fsp3) is 0.417. The summed E-state index contributed by atoms with van der Waals surface area (Å²) in [7, 11) is -2.05. The van der Waals surface area contributed by atoms with Crippen molar-refractivity contribution in [2.75, 3.05) is 42.3 Å². The van der Waals surface area contributed by atoms with Crippen molar-refractivity contribution in [3.05, 3.63) is 66.3 Å². The van der Waals surface area contributed by atoms with Gasteiger partial charge in [0.15, 0.2) is 0 Å². The van der Waals surface area contributed by atoms with Crippen LogP contribution in [0.5, 0.6) is 5.75 Å². The van der Waals surface area contributed by atoms with Gasteiger partial charge in [0.25, 0.3) is 0 Å². The lowest BCUT2D eigenvalue weighted by Gasteiger charge is -2.31. The van der Waals surface area contributed by atoms with E-state index in [2.05, 4.69) is 23.2 Å². The summed E-state index contributed by atoms with van der Waals surface area (Å²) in [4.78, 5) is 2.22. The van der Waals surface area contributed by atoms with E-state index in [4.69, 9.17) is 4.74 Å². The van der Waals surface area contributed by atoms with Gasteiger partial charge in [-0.25, -0.2) is 8.78 Å². The molecule has 180 valence electrons. The molecule has 1 N–H and O–H groups in total. The highest BCUT2D eigenvalue weighted by molar-refractivity contribution is 7.94. The first kappa shape index (κ1) is 25.0. The van der Waals surface area contributed by atoms with E-state index in [1.54, 1.807) is 12.1 Å². The van der Waals surface area contributed by atoms with Crippen LogP contribution < -0.4 is 13.8 Å². The van der Waals surface area contributed by atoms with Gasteiger partial charge in [-0.3, -0.25) is 9.03 Å². The first-order valence-corrected chi connectivity index (χ1v) is 12.5. The number of hydrogen-bond donors (Lipinski definition) is 1. The van der Waals surface area contributed by atoms with E-state index < -0.39 is 27.5 Å². The van der Waals surface area contributed by atoms with E-state index in [1.165, 1.54) is 4.31 Å². The number of halogens is 2. The topological polar surface area (TPSA) is 61.9 Å². The number of rotatable bonds is 12. The van der Waals surface area contributed by atoms with Crippen LogP contribution in [0.15, 0.2) is 49.1 Å². The standard InChI is InChI=1S/C24H31F2N3O3S/c1-3-13-28(2)14-5-4-6-16-32-21-10-12-24-19(17-21)8-7-15-29(24)33(30,31)27-23-18-20(25)9-11-22(23)26/h3,9-12,17-18,27H,1,4-8,13-16H2,2H3. The van der Waals surface area contributed by atoms with Crippen molar-refractivity contribution < 1.29 is 21.9 Å². The van der Waals surface area contributed by atoms with Gasteiger partial charge in [0.1, 0.15) is 17.4 Å². The molecule has 0 amide bonds. The van der Waals surface area contributed by atoms with Gasteiger partial charge < -0.3 is 9.64 Å². The molecule has 6 nitrogen and oxygen atoms in total. The van der Waals surface area contributed by atoms with Crippen LogP contribution in [-0.2, 0) is 16.6 Å². The van der Waals surface area contributed by atoms with Crippen LogP contribution in [0.3, 0.4) is 0 Å². The number of unbranched alkanes of at least 4 members (excludes halogenated alkanes) is 2. The molecule has 2 aromatic rings. The van der Waals surface area contributed by atoms with E-state index in [9.17, 15) is 17.2 Å². The molecule has 33 heavy (non-hydrogen) atoms. The summed E-state index contributed by atoms with van der Waals surface area (Å²) in [6, 6.07) is 7.96. The molecule has 1 heterocycles. The van der Waals surface area contributed by atoms with Gasteiger partial charge >= 0.3 is 10.2 Å². The Morgan fingerprint density at radius 1 is 1.18 bits per heavy atom. The van der Waals surface area contributed by atoms with E-state index >= 15 is 0 Å². The number of likely N-dealkylation sites (N-methyl/N-ethyl adjacent to an activating group) is 1. The average Bonchev–Trinajstić information content (AvgIpc) is 2.78. The molecule has 0 aromatic heterocycles. The molecule has 0 saturated heterocycles. The number of nitrogens with zero attached hydrogens (tertiary/aromatic N) is 2. The number of benzene rings is 2. The molecule has 0 unspecified atom stereocenters. The molecule has 0 atom stereocenters. The Hall–Kier alpha value is -2.65. The van der Waals surface area contributed by atoms with Gasteiger partial charge in [-0.1, -0.05) is 6.08 Å².